The zero-order valence-corrected chi connectivity index (χ0v) is 14.7. The zero-order valence-electron chi connectivity index (χ0n) is 13.7. The fourth-order valence-electron chi connectivity index (χ4n) is 2.30. The highest BCUT2D eigenvalue weighted by atomic mass is 28.4. The van der Waals surface area contributed by atoms with E-state index in [0.717, 1.165) is 6.61 Å². The number of anilines is 1. The predicted molar refractivity (Wildman–Crippen MR) is 89.9 cm³/mol. The van der Waals surface area contributed by atoms with Crippen LogP contribution in [-0.2, 0) is 11.0 Å². The van der Waals surface area contributed by atoms with Crippen LogP contribution in [0.3, 0.4) is 0 Å². The Morgan fingerprint density at radius 2 is 1.80 bits per heavy atom. The summed E-state index contributed by atoms with van der Waals surface area (Å²) in [5.41, 5.74) is 2.66. The number of nitrogens with zero attached hydrogens (tertiary/aromatic N) is 1. The number of hydrogen-bond acceptors (Lipinski definition) is 2. The summed E-state index contributed by atoms with van der Waals surface area (Å²) < 4.78 is 6.32. The van der Waals surface area contributed by atoms with Crippen LogP contribution in [0.1, 0.15) is 39.2 Å². The van der Waals surface area contributed by atoms with Gasteiger partial charge in [-0.25, -0.2) is 0 Å². The molecule has 0 aliphatic carbocycles. The third-order valence-electron chi connectivity index (χ3n) is 4.79. The summed E-state index contributed by atoms with van der Waals surface area (Å²) in [5, 5.41) is 0.277. The average molecular weight is 292 g/mol. The molecule has 1 fully saturated rings. The third-order valence-corrected chi connectivity index (χ3v) is 9.27. The molecule has 1 aromatic carbocycles. The second-order valence-electron chi connectivity index (χ2n) is 7.41. The minimum Gasteiger partial charge on any atom is -0.413 e. The van der Waals surface area contributed by atoms with E-state index in [4.69, 9.17) is 4.43 Å². The Bertz CT molecular complexity index is 445. The van der Waals surface area contributed by atoms with E-state index in [1.165, 1.54) is 37.2 Å². The molecule has 2 nitrogen and oxygen atoms in total. The van der Waals surface area contributed by atoms with Gasteiger partial charge in [0.2, 0.25) is 0 Å². The van der Waals surface area contributed by atoms with Gasteiger partial charge in [0.15, 0.2) is 8.32 Å². The lowest BCUT2D eigenvalue weighted by molar-refractivity contribution is 0.276. The maximum Gasteiger partial charge on any atom is 0.192 e. The van der Waals surface area contributed by atoms with Gasteiger partial charge in [0.1, 0.15) is 0 Å². The molecular weight excluding hydrogens is 262 g/mol. The fourth-order valence-corrected chi connectivity index (χ4v) is 3.26. The molecule has 20 heavy (non-hydrogen) atoms. The molecule has 112 valence electrons. The van der Waals surface area contributed by atoms with Crippen molar-refractivity contribution in [1.29, 1.82) is 0 Å². The highest BCUT2D eigenvalue weighted by Gasteiger charge is 2.37. The Balaban J connectivity index is 2.01. The van der Waals surface area contributed by atoms with Crippen molar-refractivity contribution in [2.45, 2.75) is 58.4 Å². The van der Waals surface area contributed by atoms with Gasteiger partial charge in [-0.15, -0.1) is 0 Å². The van der Waals surface area contributed by atoms with Crippen LogP contribution >= 0.6 is 0 Å². The van der Waals surface area contributed by atoms with Gasteiger partial charge in [0.25, 0.3) is 0 Å². The van der Waals surface area contributed by atoms with Crippen LogP contribution in [0, 0.1) is 0 Å². The summed E-state index contributed by atoms with van der Waals surface area (Å²) >= 11 is 0. The van der Waals surface area contributed by atoms with Crippen molar-refractivity contribution in [2.24, 2.45) is 0 Å². The minimum absolute atomic E-state index is 0.277. The van der Waals surface area contributed by atoms with Crippen molar-refractivity contribution < 1.29 is 4.43 Å². The molecule has 0 atom stereocenters. The van der Waals surface area contributed by atoms with Crippen LogP contribution in [0.15, 0.2) is 24.3 Å². The van der Waals surface area contributed by atoms with Gasteiger partial charge < -0.3 is 9.33 Å². The van der Waals surface area contributed by atoms with Gasteiger partial charge >= 0.3 is 0 Å². The largest absolute Gasteiger partial charge is 0.413 e. The first-order valence-electron chi connectivity index (χ1n) is 7.77. The van der Waals surface area contributed by atoms with Gasteiger partial charge in [0, 0.05) is 18.8 Å². The first-order chi connectivity index (χ1) is 9.29. The molecule has 1 aliphatic heterocycles. The molecule has 0 N–H and O–H groups in total. The van der Waals surface area contributed by atoms with E-state index in [0.29, 0.717) is 0 Å². The van der Waals surface area contributed by atoms with Gasteiger partial charge in [-0.3, -0.25) is 0 Å². The van der Waals surface area contributed by atoms with E-state index in [9.17, 15) is 0 Å². The summed E-state index contributed by atoms with van der Waals surface area (Å²) in [6.45, 7) is 14.7. The predicted octanol–water partition coefficient (Wildman–Crippen LogP) is 4.81. The van der Waals surface area contributed by atoms with Crippen LogP contribution in [0.4, 0.5) is 5.69 Å². The maximum absolute atomic E-state index is 6.32. The van der Waals surface area contributed by atoms with E-state index in [2.05, 4.69) is 63.0 Å². The van der Waals surface area contributed by atoms with Gasteiger partial charge in [-0.1, -0.05) is 32.9 Å². The van der Waals surface area contributed by atoms with Crippen molar-refractivity contribution in [1.82, 2.24) is 0 Å². The smallest absolute Gasteiger partial charge is 0.192 e. The van der Waals surface area contributed by atoms with Crippen molar-refractivity contribution in [3.8, 4) is 0 Å². The van der Waals surface area contributed by atoms with E-state index >= 15 is 0 Å². The summed E-state index contributed by atoms with van der Waals surface area (Å²) in [5.74, 6) is 0. The van der Waals surface area contributed by atoms with Gasteiger partial charge in [0.05, 0.1) is 6.61 Å². The van der Waals surface area contributed by atoms with Crippen LogP contribution in [0.5, 0.6) is 0 Å². The van der Waals surface area contributed by atoms with E-state index in [1.54, 1.807) is 0 Å². The van der Waals surface area contributed by atoms with Crippen LogP contribution < -0.4 is 4.90 Å². The summed E-state index contributed by atoms with van der Waals surface area (Å²) in [6, 6.07) is 8.88. The highest BCUT2D eigenvalue weighted by molar-refractivity contribution is 6.74. The van der Waals surface area contributed by atoms with Crippen molar-refractivity contribution in [3.63, 3.8) is 0 Å². The van der Waals surface area contributed by atoms with E-state index < -0.39 is 8.32 Å². The highest BCUT2D eigenvalue weighted by Crippen LogP contribution is 2.37. The topological polar surface area (TPSA) is 12.5 Å². The second kappa shape index (κ2) is 5.90. The van der Waals surface area contributed by atoms with Gasteiger partial charge in [-0.05, 0) is 48.7 Å². The Morgan fingerprint density at radius 3 is 2.40 bits per heavy atom. The van der Waals surface area contributed by atoms with Crippen LogP contribution in [0.25, 0.3) is 0 Å². The zero-order chi connectivity index (χ0) is 14.8. The number of benzene rings is 1. The molecule has 1 saturated heterocycles. The molecule has 1 heterocycles. The Labute approximate surface area is 125 Å². The quantitative estimate of drug-likeness (QED) is 0.738. The second-order valence-corrected chi connectivity index (χ2v) is 12.2. The molecule has 0 radical (unpaired) electrons. The third kappa shape index (κ3) is 3.64. The Kier molecular flexibility index (Phi) is 4.60. The monoisotopic (exact) mass is 291 g/mol. The molecular formula is C17H29NOSi. The van der Waals surface area contributed by atoms with Crippen LogP contribution in [-0.4, -0.2) is 21.4 Å². The molecule has 3 heteroatoms. The lowest BCUT2D eigenvalue weighted by atomic mass is 10.2. The Hall–Kier alpha value is -0.803. The summed E-state index contributed by atoms with van der Waals surface area (Å²) in [4.78, 5) is 2.48. The molecule has 0 unspecified atom stereocenters. The van der Waals surface area contributed by atoms with Crippen molar-refractivity contribution in [2.75, 3.05) is 18.0 Å². The molecule has 0 saturated carbocycles. The first kappa shape index (κ1) is 15.6. The molecule has 0 spiro atoms. The molecule has 1 aliphatic rings. The number of hydrogen-bond donors (Lipinski definition) is 0. The standard InChI is InChI=1S/C17H29NOSi/c1-17(2,3)20(4,5)19-14-15-9-8-10-16(13-15)18-11-6-7-12-18/h8-10,13H,6-7,11-12,14H2,1-5H3. The minimum atomic E-state index is -1.65. The lowest BCUT2D eigenvalue weighted by Crippen LogP contribution is -2.40. The average Bonchev–Trinajstić information content (AvgIpc) is 2.89. The molecule has 2 rings (SSSR count). The van der Waals surface area contributed by atoms with Crippen LogP contribution in [0.2, 0.25) is 18.1 Å². The summed E-state index contributed by atoms with van der Waals surface area (Å²) in [7, 11) is -1.65. The summed E-state index contributed by atoms with van der Waals surface area (Å²) in [6.07, 6.45) is 2.65. The van der Waals surface area contributed by atoms with Crippen molar-refractivity contribution in [3.05, 3.63) is 29.8 Å². The fraction of sp³-hybridized carbons (Fsp3) is 0.647. The Morgan fingerprint density at radius 1 is 1.15 bits per heavy atom. The first-order valence-corrected chi connectivity index (χ1v) is 10.7. The SMILES string of the molecule is CC(C)(C)[Si](C)(C)OCc1cccc(N2CCCC2)c1. The van der Waals surface area contributed by atoms with E-state index in [1.807, 2.05) is 0 Å². The molecule has 0 aromatic heterocycles. The van der Waals surface area contributed by atoms with Crippen molar-refractivity contribution >= 4 is 14.0 Å². The molecule has 0 bridgehead atoms. The van der Waals surface area contributed by atoms with E-state index in [-0.39, 0.29) is 5.04 Å². The normalized spacial score (nSPS) is 16.8. The molecule has 0 amide bonds. The number of rotatable bonds is 4. The van der Waals surface area contributed by atoms with Gasteiger partial charge in [-0.2, -0.15) is 0 Å². The molecule has 1 aromatic rings. The lowest BCUT2D eigenvalue weighted by Gasteiger charge is -2.36. The maximum atomic E-state index is 6.32.